The highest BCUT2D eigenvalue weighted by atomic mass is 35.5. The molecule has 0 spiro atoms. The molecule has 0 unspecified atom stereocenters. The molecule has 1 N–H and O–H groups in total. The predicted molar refractivity (Wildman–Crippen MR) is 44.7 cm³/mol. The molecule has 1 nitrogen and oxygen atoms in total. The number of aliphatic hydroxyl groups excluding tert-OH is 1. The van der Waals surface area contributed by atoms with Crippen LogP contribution >= 0.6 is 22.9 Å². The van der Waals surface area contributed by atoms with Crippen molar-refractivity contribution in [3.8, 4) is 0 Å². The standard InChI is InChI=1S/C7H9ClOS/c8-7-4-6(5-10-7)2-1-3-9/h4-5,9H,1-3H2. The molecule has 56 valence electrons. The van der Waals surface area contributed by atoms with Crippen LogP contribution in [-0.2, 0) is 6.42 Å². The Hall–Kier alpha value is -0.0500. The summed E-state index contributed by atoms with van der Waals surface area (Å²) in [6.45, 7) is 0.257. The lowest BCUT2D eigenvalue weighted by molar-refractivity contribution is 0.288. The second-order valence-corrected chi connectivity index (χ2v) is 3.63. The van der Waals surface area contributed by atoms with Crippen molar-refractivity contribution >= 4 is 22.9 Å². The molecule has 0 amide bonds. The minimum absolute atomic E-state index is 0.257. The van der Waals surface area contributed by atoms with Gasteiger partial charge in [-0.3, -0.25) is 0 Å². The van der Waals surface area contributed by atoms with Crippen molar-refractivity contribution in [2.24, 2.45) is 0 Å². The number of hydrogen-bond donors (Lipinski definition) is 1. The Balaban J connectivity index is 2.42. The van der Waals surface area contributed by atoms with Crippen molar-refractivity contribution in [2.75, 3.05) is 6.61 Å². The maximum atomic E-state index is 8.50. The Bertz CT molecular complexity index is 197. The van der Waals surface area contributed by atoms with Crippen molar-refractivity contribution in [3.63, 3.8) is 0 Å². The number of halogens is 1. The number of hydrogen-bond acceptors (Lipinski definition) is 2. The topological polar surface area (TPSA) is 20.2 Å². The fourth-order valence-corrected chi connectivity index (χ4v) is 1.70. The van der Waals surface area contributed by atoms with Gasteiger partial charge in [0.1, 0.15) is 0 Å². The van der Waals surface area contributed by atoms with Crippen LogP contribution in [0.4, 0.5) is 0 Å². The molecule has 0 aliphatic carbocycles. The summed E-state index contributed by atoms with van der Waals surface area (Å²) in [6, 6.07) is 1.95. The van der Waals surface area contributed by atoms with Crippen molar-refractivity contribution in [1.82, 2.24) is 0 Å². The van der Waals surface area contributed by atoms with Gasteiger partial charge in [0.05, 0.1) is 4.34 Å². The monoisotopic (exact) mass is 176 g/mol. The number of thiophene rings is 1. The van der Waals surface area contributed by atoms with Gasteiger partial charge < -0.3 is 5.11 Å². The lowest BCUT2D eigenvalue weighted by Crippen LogP contribution is -1.85. The van der Waals surface area contributed by atoms with Gasteiger partial charge in [0, 0.05) is 6.61 Å². The highest BCUT2D eigenvalue weighted by Gasteiger charge is 1.95. The Morgan fingerprint density at radius 3 is 2.90 bits per heavy atom. The lowest BCUT2D eigenvalue weighted by Gasteiger charge is -1.90. The lowest BCUT2D eigenvalue weighted by atomic mass is 10.2. The van der Waals surface area contributed by atoms with E-state index in [9.17, 15) is 0 Å². The third-order valence-corrected chi connectivity index (χ3v) is 2.39. The Morgan fingerprint density at radius 2 is 2.40 bits per heavy atom. The van der Waals surface area contributed by atoms with Crippen LogP contribution in [0.5, 0.6) is 0 Å². The van der Waals surface area contributed by atoms with E-state index in [1.165, 1.54) is 16.9 Å². The van der Waals surface area contributed by atoms with E-state index in [0.717, 1.165) is 17.2 Å². The van der Waals surface area contributed by atoms with Gasteiger partial charge >= 0.3 is 0 Å². The molecule has 1 heterocycles. The van der Waals surface area contributed by atoms with E-state index in [2.05, 4.69) is 0 Å². The summed E-state index contributed by atoms with van der Waals surface area (Å²) in [6.07, 6.45) is 1.76. The van der Waals surface area contributed by atoms with E-state index in [1.807, 2.05) is 11.4 Å². The van der Waals surface area contributed by atoms with Crippen LogP contribution in [0.3, 0.4) is 0 Å². The first-order chi connectivity index (χ1) is 4.83. The summed E-state index contributed by atoms with van der Waals surface area (Å²) < 4.78 is 0.827. The average Bonchev–Trinajstić information content (AvgIpc) is 2.31. The summed E-state index contributed by atoms with van der Waals surface area (Å²) in [5.41, 5.74) is 1.23. The van der Waals surface area contributed by atoms with Crippen molar-refractivity contribution in [2.45, 2.75) is 12.8 Å². The summed E-state index contributed by atoms with van der Waals surface area (Å²) in [7, 11) is 0. The number of rotatable bonds is 3. The largest absolute Gasteiger partial charge is 0.396 e. The molecule has 0 fully saturated rings. The van der Waals surface area contributed by atoms with E-state index >= 15 is 0 Å². The first-order valence-electron chi connectivity index (χ1n) is 3.16. The smallest absolute Gasteiger partial charge is 0.0931 e. The van der Waals surface area contributed by atoms with Gasteiger partial charge in [-0.25, -0.2) is 0 Å². The van der Waals surface area contributed by atoms with Gasteiger partial charge in [0.15, 0.2) is 0 Å². The fraction of sp³-hybridized carbons (Fsp3) is 0.429. The Kier molecular flexibility index (Phi) is 3.19. The summed E-state index contributed by atoms with van der Waals surface area (Å²) >= 11 is 7.23. The average molecular weight is 177 g/mol. The van der Waals surface area contributed by atoms with Gasteiger partial charge in [-0.15, -0.1) is 11.3 Å². The molecule has 1 aromatic heterocycles. The first kappa shape index (κ1) is 8.05. The van der Waals surface area contributed by atoms with Crippen molar-refractivity contribution in [3.05, 3.63) is 21.3 Å². The SMILES string of the molecule is OCCCc1csc(Cl)c1. The summed E-state index contributed by atoms with van der Waals surface area (Å²) in [4.78, 5) is 0. The highest BCUT2D eigenvalue weighted by molar-refractivity contribution is 7.14. The third-order valence-electron chi connectivity index (χ3n) is 1.25. The number of aliphatic hydroxyl groups is 1. The van der Waals surface area contributed by atoms with E-state index in [0.29, 0.717) is 0 Å². The molecule has 3 heteroatoms. The first-order valence-corrected chi connectivity index (χ1v) is 4.42. The van der Waals surface area contributed by atoms with Crippen molar-refractivity contribution in [1.29, 1.82) is 0 Å². The minimum atomic E-state index is 0.257. The second-order valence-electron chi connectivity index (χ2n) is 2.09. The Labute approximate surface area is 69.3 Å². The maximum Gasteiger partial charge on any atom is 0.0931 e. The zero-order valence-electron chi connectivity index (χ0n) is 5.51. The second kappa shape index (κ2) is 3.96. The molecule has 0 saturated heterocycles. The molecule has 0 aliphatic rings. The van der Waals surface area contributed by atoms with Crippen LogP contribution in [0.25, 0.3) is 0 Å². The molecular formula is C7H9ClOS. The molecule has 0 aliphatic heterocycles. The van der Waals surface area contributed by atoms with Gasteiger partial charge in [-0.2, -0.15) is 0 Å². The maximum absolute atomic E-state index is 8.50. The quantitative estimate of drug-likeness (QED) is 0.750. The minimum Gasteiger partial charge on any atom is -0.396 e. The molecule has 0 atom stereocenters. The summed E-state index contributed by atoms with van der Waals surface area (Å²) in [5, 5.41) is 10.5. The van der Waals surface area contributed by atoms with Crippen LogP contribution < -0.4 is 0 Å². The van der Waals surface area contributed by atoms with Crippen molar-refractivity contribution < 1.29 is 5.11 Å². The van der Waals surface area contributed by atoms with Gasteiger partial charge in [-0.1, -0.05) is 11.6 Å². The predicted octanol–water partition coefficient (Wildman–Crippen LogP) is 2.33. The van der Waals surface area contributed by atoms with Crippen LogP contribution in [-0.4, -0.2) is 11.7 Å². The molecule has 10 heavy (non-hydrogen) atoms. The molecule has 0 radical (unpaired) electrons. The van der Waals surface area contributed by atoms with Crippen LogP contribution in [0.15, 0.2) is 11.4 Å². The highest BCUT2D eigenvalue weighted by Crippen LogP contribution is 2.20. The van der Waals surface area contributed by atoms with Gasteiger partial charge in [0.2, 0.25) is 0 Å². The normalized spacial score (nSPS) is 10.2. The Morgan fingerprint density at radius 1 is 1.60 bits per heavy atom. The van der Waals surface area contributed by atoms with Crippen LogP contribution in [0, 0.1) is 0 Å². The molecule has 0 aromatic carbocycles. The van der Waals surface area contributed by atoms with E-state index in [-0.39, 0.29) is 6.61 Å². The molecule has 0 bridgehead atoms. The van der Waals surface area contributed by atoms with Gasteiger partial charge in [0.25, 0.3) is 0 Å². The molecule has 1 aromatic rings. The molecule has 1 rings (SSSR count). The van der Waals surface area contributed by atoms with Crippen LogP contribution in [0.1, 0.15) is 12.0 Å². The van der Waals surface area contributed by atoms with E-state index in [4.69, 9.17) is 16.7 Å². The fourth-order valence-electron chi connectivity index (χ4n) is 0.760. The van der Waals surface area contributed by atoms with Gasteiger partial charge in [-0.05, 0) is 29.9 Å². The zero-order chi connectivity index (χ0) is 7.40. The zero-order valence-corrected chi connectivity index (χ0v) is 7.08. The molecular weight excluding hydrogens is 168 g/mol. The molecule has 0 saturated carbocycles. The summed E-state index contributed by atoms with van der Waals surface area (Å²) in [5.74, 6) is 0. The van der Waals surface area contributed by atoms with E-state index < -0.39 is 0 Å². The van der Waals surface area contributed by atoms with E-state index in [1.54, 1.807) is 0 Å². The van der Waals surface area contributed by atoms with Crippen LogP contribution in [0.2, 0.25) is 4.34 Å². The third kappa shape index (κ3) is 2.29. The number of aryl methyl sites for hydroxylation is 1.